The van der Waals surface area contributed by atoms with Crippen molar-refractivity contribution < 1.29 is 9.21 Å². The number of hydrogen-bond donors (Lipinski definition) is 0. The van der Waals surface area contributed by atoms with E-state index in [1.165, 1.54) is 0 Å². The molecular weight excluding hydrogens is 302 g/mol. The molecule has 0 spiro atoms. The summed E-state index contributed by atoms with van der Waals surface area (Å²) in [6.07, 6.45) is 1.35. The Kier molecular flexibility index (Phi) is 4.66. The third-order valence-corrected chi connectivity index (χ3v) is 3.65. The molecule has 0 aliphatic heterocycles. The summed E-state index contributed by atoms with van der Waals surface area (Å²) in [5.74, 6) is 0.262. The van der Waals surface area contributed by atoms with Gasteiger partial charge in [0.15, 0.2) is 11.7 Å². The molecule has 0 unspecified atom stereocenters. The maximum atomic E-state index is 12.8. The van der Waals surface area contributed by atoms with Crippen molar-refractivity contribution in [3.63, 3.8) is 0 Å². The molecule has 0 bridgehead atoms. The van der Waals surface area contributed by atoms with Crippen LogP contribution in [0.2, 0.25) is 0 Å². The molecule has 24 heavy (non-hydrogen) atoms. The Hall–Kier alpha value is -3.01. The lowest BCUT2D eigenvalue weighted by Gasteiger charge is -2.09. The topological polar surface area (TPSA) is 60.2 Å². The van der Waals surface area contributed by atoms with Crippen molar-refractivity contribution >= 4 is 5.78 Å². The zero-order valence-corrected chi connectivity index (χ0v) is 13.4. The normalized spacial score (nSPS) is 10.5. The minimum Gasteiger partial charge on any atom is -0.441 e. The second-order valence-electron chi connectivity index (χ2n) is 5.43. The maximum absolute atomic E-state index is 12.8. The fourth-order valence-corrected chi connectivity index (χ4v) is 2.51. The Balaban J connectivity index is 2.21. The molecule has 0 aliphatic carbocycles. The molecule has 1 aromatic heterocycles. The van der Waals surface area contributed by atoms with E-state index in [0.717, 1.165) is 6.42 Å². The first kappa shape index (κ1) is 15.9. The number of benzene rings is 2. The van der Waals surface area contributed by atoms with Crippen LogP contribution in [0.1, 0.15) is 35.2 Å². The van der Waals surface area contributed by atoms with Crippen LogP contribution >= 0.6 is 0 Å². The van der Waals surface area contributed by atoms with Gasteiger partial charge in [0, 0.05) is 17.5 Å². The number of carbonyl (C=O) groups excluding carboxylic acids is 1. The van der Waals surface area contributed by atoms with Crippen molar-refractivity contribution in [2.75, 3.05) is 0 Å². The fraction of sp³-hybridized carbons (Fsp3) is 0.150. The summed E-state index contributed by atoms with van der Waals surface area (Å²) in [5.41, 5.74) is 0.560. The number of hydrogen-bond acceptors (Lipinski definition) is 4. The molecule has 4 heteroatoms. The van der Waals surface area contributed by atoms with E-state index in [2.05, 4.69) is 4.98 Å². The van der Waals surface area contributed by atoms with Crippen LogP contribution in [0.25, 0.3) is 11.3 Å². The van der Waals surface area contributed by atoms with Crippen molar-refractivity contribution in [2.45, 2.75) is 19.8 Å². The van der Waals surface area contributed by atoms with Crippen LogP contribution in [0.15, 0.2) is 69.9 Å². The van der Waals surface area contributed by atoms with E-state index in [9.17, 15) is 9.59 Å². The first-order valence-corrected chi connectivity index (χ1v) is 7.90. The number of rotatable bonds is 5. The number of carbonyl (C=O) groups is 1. The predicted molar refractivity (Wildman–Crippen MR) is 92.1 cm³/mol. The molecule has 0 radical (unpaired) electrons. The summed E-state index contributed by atoms with van der Waals surface area (Å²) < 4.78 is 5.83. The first-order valence-electron chi connectivity index (χ1n) is 7.90. The molecule has 0 fully saturated rings. The van der Waals surface area contributed by atoms with Crippen LogP contribution < -0.4 is 5.56 Å². The fourth-order valence-electron chi connectivity index (χ4n) is 2.51. The molecule has 0 N–H and O–H groups in total. The van der Waals surface area contributed by atoms with E-state index in [4.69, 9.17) is 4.42 Å². The first-order chi connectivity index (χ1) is 11.7. The molecule has 0 saturated carbocycles. The van der Waals surface area contributed by atoms with E-state index < -0.39 is 5.56 Å². The van der Waals surface area contributed by atoms with E-state index in [0.29, 0.717) is 23.4 Å². The Morgan fingerprint density at radius 1 is 1.00 bits per heavy atom. The zero-order valence-electron chi connectivity index (χ0n) is 13.4. The maximum Gasteiger partial charge on any atom is 0.287 e. The predicted octanol–water partition coefficient (Wildman–Crippen LogP) is 3.89. The molecule has 1 heterocycles. The largest absolute Gasteiger partial charge is 0.441 e. The molecule has 0 saturated heterocycles. The van der Waals surface area contributed by atoms with Gasteiger partial charge in [0.2, 0.25) is 5.78 Å². The molecule has 0 amide bonds. The second-order valence-corrected chi connectivity index (χ2v) is 5.43. The average molecular weight is 319 g/mol. The highest BCUT2D eigenvalue weighted by atomic mass is 16.3. The summed E-state index contributed by atoms with van der Waals surface area (Å²) in [5, 5.41) is 0. The van der Waals surface area contributed by atoms with Crippen LogP contribution in [0.5, 0.6) is 0 Å². The molecule has 3 aromatic rings. The van der Waals surface area contributed by atoms with Gasteiger partial charge in [-0.25, -0.2) is 0 Å². The second kappa shape index (κ2) is 7.04. The summed E-state index contributed by atoms with van der Waals surface area (Å²) in [4.78, 5) is 29.3. The molecule has 2 aromatic carbocycles. The van der Waals surface area contributed by atoms with Crippen molar-refractivity contribution in [1.82, 2.24) is 4.98 Å². The molecule has 120 valence electrons. The van der Waals surface area contributed by atoms with Crippen molar-refractivity contribution in [3.8, 4) is 11.3 Å². The monoisotopic (exact) mass is 319 g/mol. The number of aromatic nitrogens is 1. The van der Waals surface area contributed by atoms with Crippen LogP contribution in [-0.2, 0) is 6.42 Å². The lowest BCUT2D eigenvalue weighted by atomic mass is 10.00. The van der Waals surface area contributed by atoms with Gasteiger partial charge in [-0.2, -0.15) is 4.98 Å². The summed E-state index contributed by atoms with van der Waals surface area (Å²) >= 11 is 0. The van der Waals surface area contributed by atoms with Crippen LogP contribution in [0, 0.1) is 0 Å². The Bertz CT molecular complexity index is 899. The molecule has 0 aliphatic rings. The smallest absolute Gasteiger partial charge is 0.287 e. The standard InChI is InChI=1S/C20H17NO3/c1-2-9-16-21-20(23)17(18(22)14-10-5-3-6-11-14)19(24-16)15-12-7-4-8-13-15/h3-8,10-13H,2,9H2,1H3. The minimum absolute atomic E-state index is 0.0211. The van der Waals surface area contributed by atoms with Crippen LogP contribution in [0.4, 0.5) is 0 Å². The van der Waals surface area contributed by atoms with Crippen molar-refractivity contribution in [3.05, 3.63) is 88.0 Å². The van der Waals surface area contributed by atoms with Crippen molar-refractivity contribution in [2.24, 2.45) is 0 Å². The van der Waals surface area contributed by atoms with Gasteiger partial charge in [0.25, 0.3) is 5.56 Å². The zero-order chi connectivity index (χ0) is 16.9. The molecule has 4 nitrogen and oxygen atoms in total. The SMILES string of the molecule is CCCc1nc(=O)c(C(=O)c2ccccc2)c(-c2ccccc2)o1. The Morgan fingerprint density at radius 3 is 2.25 bits per heavy atom. The highest BCUT2D eigenvalue weighted by Crippen LogP contribution is 2.24. The summed E-state index contributed by atoms with van der Waals surface area (Å²) in [6.45, 7) is 1.98. The van der Waals surface area contributed by atoms with Gasteiger partial charge < -0.3 is 4.42 Å². The third kappa shape index (κ3) is 3.18. The molecular formula is C20H17NO3. The highest BCUT2D eigenvalue weighted by Gasteiger charge is 2.22. The van der Waals surface area contributed by atoms with Gasteiger partial charge in [0.05, 0.1) is 0 Å². The van der Waals surface area contributed by atoms with Gasteiger partial charge in [-0.05, 0) is 6.42 Å². The van der Waals surface area contributed by atoms with Crippen LogP contribution in [0.3, 0.4) is 0 Å². The van der Waals surface area contributed by atoms with Gasteiger partial charge in [-0.3, -0.25) is 9.59 Å². The van der Waals surface area contributed by atoms with E-state index in [1.54, 1.807) is 24.3 Å². The van der Waals surface area contributed by atoms with Gasteiger partial charge in [-0.1, -0.05) is 67.6 Å². The average Bonchev–Trinajstić information content (AvgIpc) is 2.62. The minimum atomic E-state index is -0.544. The highest BCUT2D eigenvalue weighted by molar-refractivity contribution is 6.11. The van der Waals surface area contributed by atoms with Gasteiger partial charge in [0.1, 0.15) is 5.56 Å². The van der Waals surface area contributed by atoms with Gasteiger partial charge in [-0.15, -0.1) is 0 Å². The van der Waals surface area contributed by atoms with Crippen LogP contribution in [-0.4, -0.2) is 10.8 Å². The van der Waals surface area contributed by atoms with Crippen molar-refractivity contribution in [1.29, 1.82) is 0 Å². The molecule has 3 rings (SSSR count). The number of ketones is 1. The Labute approximate surface area is 139 Å². The quantitative estimate of drug-likeness (QED) is 0.670. The number of nitrogens with zero attached hydrogens (tertiary/aromatic N) is 1. The van der Waals surface area contributed by atoms with E-state index >= 15 is 0 Å². The summed E-state index contributed by atoms with van der Waals surface area (Å²) in [7, 11) is 0. The van der Waals surface area contributed by atoms with E-state index in [-0.39, 0.29) is 17.1 Å². The van der Waals surface area contributed by atoms with Gasteiger partial charge >= 0.3 is 0 Å². The third-order valence-electron chi connectivity index (χ3n) is 3.65. The number of aryl methyl sites for hydroxylation is 1. The van der Waals surface area contributed by atoms with E-state index in [1.807, 2.05) is 43.3 Å². The Morgan fingerprint density at radius 2 is 1.62 bits per heavy atom. The lowest BCUT2D eigenvalue weighted by molar-refractivity contribution is 0.103. The lowest BCUT2D eigenvalue weighted by Crippen LogP contribution is -2.21. The molecule has 0 atom stereocenters. The summed E-state index contributed by atoms with van der Waals surface area (Å²) in [6, 6.07) is 17.9.